The molecule has 1 atom stereocenters. The maximum absolute atomic E-state index is 12.5. The molecule has 36 heavy (non-hydrogen) atoms. The van der Waals surface area contributed by atoms with E-state index in [2.05, 4.69) is 5.10 Å². The molecule has 190 valence electrons. The highest BCUT2D eigenvalue weighted by molar-refractivity contribution is 7.99. The number of rotatable bonds is 11. The number of imidazole rings is 1. The van der Waals surface area contributed by atoms with Crippen LogP contribution in [0.5, 0.6) is 5.88 Å². The first kappa shape index (κ1) is 25.6. The van der Waals surface area contributed by atoms with Crippen LogP contribution in [0.15, 0.2) is 53.7 Å². The monoisotopic (exact) mass is 510 g/mol. The average Bonchev–Trinajstić information content (AvgIpc) is 3.42. The molecule has 0 aliphatic rings. The molecule has 2 aromatic carbocycles. The summed E-state index contributed by atoms with van der Waals surface area (Å²) in [4.78, 5) is 29.4. The number of hydrogen-bond donors (Lipinski definition) is 0. The van der Waals surface area contributed by atoms with Gasteiger partial charge in [0.05, 0.1) is 41.3 Å². The molecule has 2 aromatic heterocycles. The normalized spacial score (nSPS) is 12.1. The molecular formula is C26H30N4O5S. The summed E-state index contributed by atoms with van der Waals surface area (Å²) in [5.41, 5.74) is 2.37. The van der Waals surface area contributed by atoms with E-state index in [0.29, 0.717) is 24.4 Å². The van der Waals surface area contributed by atoms with Crippen molar-refractivity contribution in [2.24, 2.45) is 0 Å². The van der Waals surface area contributed by atoms with Crippen molar-refractivity contribution in [1.82, 2.24) is 19.3 Å². The van der Waals surface area contributed by atoms with Gasteiger partial charge in [-0.15, -0.1) is 5.10 Å². The van der Waals surface area contributed by atoms with Crippen molar-refractivity contribution in [3.05, 3.63) is 48.5 Å². The van der Waals surface area contributed by atoms with E-state index in [-0.39, 0.29) is 25.2 Å². The molecule has 4 aromatic rings. The fraction of sp³-hybridized carbons (Fsp3) is 0.385. The largest absolute Gasteiger partial charge is 0.476 e. The van der Waals surface area contributed by atoms with Gasteiger partial charge in [-0.05, 0) is 51.0 Å². The van der Waals surface area contributed by atoms with E-state index in [0.717, 1.165) is 33.7 Å². The van der Waals surface area contributed by atoms with E-state index >= 15 is 0 Å². The van der Waals surface area contributed by atoms with Gasteiger partial charge in [-0.3, -0.25) is 4.79 Å². The third-order valence-electron chi connectivity index (χ3n) is 5.57. The van der Waals surface area contributed by atoms with Gasteiger partial charge in [0.1, 0.15) is 6.54 Å². The van der Waals surface area contributed by atoms with Crippen molar-refractivity contribution in [2.45, 2.75) is 51.4 Å². The minimum absolute atomic E-state index is 0.112. The maximum atomic E-state index is 12.5. The average molecular weight is 511 g/mol. The van der Waals surface area contributed by atoms with Crippen molar-refractivity contribution in [1.29, 1.82) is 0 Å². The van der Waals surface area contributed by atoms with Crippen LogP contribution >= 0.6 is 11.8 Å². The van der Waals surface area contributed by atoms with E-state index in [4.69, 9.17) is 19.2 Å². The molecule has 0 radical (unpaired) electrons. The standard InChI is InChI=1S/C26H30N4O5S/c1-4-18(3)35-23(31)17-29-22-14-9-7-12-20(22)27-25(29)36-16-10-15-34-24-19-11-6-8-13-21(19)30(28-24)26(32)33-5-2/h6-9,11-14,18H,4-5,10,15-17H2,1-3H3. The molecule has 2 heterocycles. The lowest BCUT2D eigenvalue weighted by Crippen LogP contribution is -2.19. The molecule has 0 aliphatic heterocycles. The van der Waals surface area contributed by atoms with E-state index in [1.807, 2.05) is 60.9 Å². The van der Waals surface area contributed by atoms with Gasteiger partial charge in [0.15, 0.2) is 5.16 Å². The molecule has 1 unspecified atom stereocenters. The second kappa shape index (κ2) is 11.9. The lowest BCUT2D eigenvalue weighted by atomic mass is 10.2. The minimum atomic E-state index is -0.537. The van der Waals surface area contributed by atoms with Crippen molar-refractivity contribution < 1.29 is 23.8 Å². The molecule has 0 spiro atoms. The Balaban J connectivity index is 1.39. The van der Waals surface area contributed by atoms with Crippen LogP contribution in [0.1, 0.15) is 33.6 Å². The summed E-state index contributed by atoms with van der Waals surface area (Å²) >= 11 is 1.56. The van der Waals surface area contributed by atoms with E-state index in [1.165, 1.54) is 4.68 Å². The van der Waals surface area contributed by atoms with Crippen LogP contribution in [-0.2, 0) is 20.8 Å². The first-order valence-corrected chi connectivity index (χ1v) is 13.1. The number of aromatic nitrogens is 4. The summed E-state index contributed by atoms with van der Waals surface area (Å²) in [7, 11) is 0. The highest BCUT2D eigenvalue weighted by Crippen LogP contribution is 2.27. The van der Waals surface area contributed by atoms with Gasteiger partial charge in [0, 0.05) is 5.75 Å². The van der Waals surface area contributed by atoms with Crippen LogP contribution in [0.4, 0.5) is 4.79 Å². The predicted molar refractivity (Wildman–Crippen MR) is 139 cm³/mol. The number of thioether (sulfide) groups is 1. The molecule has 0 fully saturated rings. The van der Waals surface area contributed by atoms with Gasteiger partial charge in [0.25, 0.3) is 0 Å². The topological polar surface area (TPSA) is 97.5 Å². The Hall–Kier alpha value is -3.53. The first-order chi connectivity index (χ1) is 17.5. The van der Waals surface area contributed by atoms with Crippen molar-refractivity contribution >= 4 is 45.8 Å². The summed E-state index contributed by atoms with van der Waals surface area (Å²) in [6, 6.07) is 15.1. The lowest BCUT2D eigenvalue weighted by Gasteiger charge is -2.13. The summed E-state index contributed by atoms with van der Waals surface area (Å²) < 4.78 is 19.6. The Bertz CT molecular complexity index is 1350. The van der Waals surface area contributed by atoms with Gasteiger partial charge in [-0.25, -0.2) is 9.78 Å². The number of ether oxygens (including phenoxy) is 3. The number of para-hydroxylation sites is 3. The molecule has 0 N–H and O–H groups in total. The van der Waals surface area contributed by atoms with Gasteiger partial charge in [-0.1, -0.05) is 43.0 Å². The van der Waals surface area contributed by atoms with Gasteiger partial charge < -0.3 is 18.8 Å². The molecule has 10 heteroatoms. The summed E-state index contributed by atoms with van der Waals surface area (Å²) in [5.74, 6) is 0.839. The highest BCUT2D eigenvalue weighted by Gasteiger charge is 2.18. The van der Waals surface area contributed by atoms with E-state index in [9.17, 15) is 9.59 Å². The third-order valence-corrected chi connectivity index (χ3v) is 6.63. The molecule has 9 nitrogen and oxygen atoms in total. The van der Waals surface area contributed by atoms with Crippen LogP contribution in [0.3, 0.4) is 0 Å². The zero-order chi connectivity index (χ0) is 25.5. The predicted octanol–water partition coefficient (Wildman–Crippen LogP) is 5.29. The molecule has 4 rings (SSSR count). The van der Waals surface area contributed by atoms with Crippen molar-refractivity contribution in [2.75, 3.05) is 19.0 Å². The van der Waals surface area contributed by atoms with E-state index in [1.54, 1.807) is 24.8 Å². The minimum Gasteiger partial charge on any atom is -0.476 e. The fourth-order valence-corrected chi connectivity index (χ4v) is 4.58. The second-order valence-corrected chi connectivity index (χ2v) is 9.22. The summed E-state index contributed by atoms with van der Waals surface area (Å²) in [6.07, 6.45) is 0.825. The van der Waals surface area contributed by atoms with Crippen molar-refractivity contribution in [3.63, 3.8) is 0 Å². The zero-order valence-corrected chi connectivity index (χ0v) is 21.5. The summed E-state index contributed by atoms with van der Waals surface area (Å²) in [5, 5.41) is 5.82. The van der Waals surface area contributed by atoms with Crippen LogP contribution in [0.25, 0.3) is 21.9 Å². The Morgan fingerprint density at radius 2 is 1.81 bits per heavy atom. The van der Waals surface area contributed by atoms with Gasteiger partial charge in [0.2, 0.25) is 5.88 Å². The van der Waals surface area contributed by atoms with Crippen LogP contribution in [0, 0.1) is 0 Å². The molecule has 0 saturated carbocycles. The first-order valence-electron chi connectivity index (χ1n) is 12.1. The number of hydrogen-bond acceptors (Lipinski definition) is 8. The highest BCUT2D eigenvalue weighted by atomic mass is 32.2. The molecule has 0 aliphatic carbocycles. The number of carbonyl (C=O) groups is 2. The Morgan fingerprint density at radius 1 is 1.06 bits per heavy atom. The number of fused-ring (bicyclic) bond motifs is 2. The number of benzene rings is 2. The second-order valence-electron chi connectivity index (χ2n) is 8.16. The molecule has 0 amide bonds. The van der Waals surface area contributed by atoms with E-state index < -0.39 is 6.09 Å². The van der Waals surface area contributed by atoms with Gasteiger partial charge >= 0.3 is 12.1 Å². The third kappa shape index (κ3) is 5.81. The lowest BCUT2D eigenvalue weighted by molar-refractivity contribution is -0.149. The Morgan fingerprint density at radius 3 is 2.58 bits per heavy atom. The number of carbonyl (C=O) groups excluding carboxylic acids is 2. The van der Waals surface area contributed by atoms with Crippen LogP contribution < -0.4 is 4.74 Å². The molecular weight excluding hydrogens is 480 g/mol. The summed E-state index contributed by atoms with van der Waals surface area (Å²) in [6.45, 7) is 6.41. The van der Waals surface area contributed by atoms with Gasteiger partial charge in [-0.2, -0.15) is 4.68 Å². The van der Waals surface area contributed by atoms with Crippen molar-refractivity contribution in [3.8, 4) is 5.88 Å². The number of esters is 1. The van der Waals surface area contributed by atoms with Crippen LogP contribution in [0.2, 0.25) is 0 Å². The van der Waals surface area contributed by atoms with Crippen LogP contribution in [-0.4, -0.2) is 56.5 Å². The zero-order valence-electron chi connectivity index (χ0n) is 20.7. The number of nitrogens with zero attached hydrogens (tertiary/aromatic N) is 4. The Labute approximate surface area is 213 Å². The molecule has 0 saturated heterocycles. The smallest absolute Gasteiger partial charge is 0.435 e. The molecule has 0 bridgehead atoms. The Kier molecular flexibility index (Phi) is 8.48. The maximum Gasteiger partial charge on any atom is 0.435 e. The fourth-order valence-electron chi connectivity index (χ4n) is 3.65. The SMILES string of the molecule is CCOC(=O)n1nc(OCCCSc2nc3ccccc3n2CC(=O)OC(C)CC)c2ccccc21. The quantitative estimate of drug-likeness (QED) is 0.152.